The van der Waals surface area contributed by atoms with Crippen molar-refractivity contribution in [3.63, 3.8) is 0 Å². The second-order valence-corrected chi connectivity index (χ2v) is 14.0. The highest BCUT2D eigenvalue weighted by molar-refractivity contribution is 7.91. The first-order valence-corrected chi connectivity index (χ1v) is 15.9. The summed E-state index contributed by atoms with van der Waals surface area (Å²) in [6.45, 7) is 1.29. The lowest BCUT2D eigenvalue weighted by Gasteiger charge is -2.22. The Morgan fingerprint density at radius 1 is 0.711 bits per heavy atom. The van der Waals surface area contributed by atoms with Gasteiger partial charge in [-0.2, -0.15) is 16.8 Å². The number of hydrogen-bond donors (Lipinski definition) is 3. The minimum absolute atomic E-state index is 0.0663. The van der Waals surface area contributed by atoms with Crippen LogP contribution in [0, 0.1) is 0 Å². The molecule has 0 aliphatic heterocycles. The summed E-state index contributed by atoms with van der Waals surface area (Å²) < 4.78 is 94.5. The zero-order valence-corrected chi connectivity index (χ0v) is 22.7. The van der Waals surface area contributed by atoms with Crippen LogP contribution >= 0.6 is 0 Å². The first-order valence-electron chi connectivity index (χ1n) is 11.3. The van der Waals surface area contributed by atoms with Crippen LogP contribution in [0.3, 0.4) is 0 Å². The van der Waals surface area contributed by atoms with E-state index >= 15 is 0 Å². The fraction of sp³-hybridized carbons (Fsp3) is 0.240. The van der Waals surface area contributed by atoms with Gasteiger partial charge in [-0.15, -0.1) is 0 Å². The van der Waals surface area contributed by atoms with Crippen molar-refractivity contribution < 1.29 is 39.2 Å². The fourth-order valence-electron chi connectivity index (χ4n) is 3.97. The smallest absolute Gasteiger partial charge is 0.286 e. The number of rotatable bonds is 12. The zero-order chi connectivity index (χ0) is 28.1. The number of sulfone groups is 1. The van der Waals surface area contributed by atoms with Crippen LogP contribution < -0.4 is 5.32 Å². The highest BCUT2D eigenvalue weighted by atomic mass is 32.2. The number of Topliss-reactive ketones (excluding diaryl/α,β-unsaturated/α-hetero) is 1. The van der Waals surface area contributed by atoms with E-state index in [0.717, 1.165) is 0 Å². The van der Waals surface area contributed by atoms with Gasteiger partial charge in [0, 0.05) is 18.5 Å². The molecule has 0 amide bonds. The van der Waals surface area contributed by atoms with Gasteiger partial charge in [0.25, 0.3) is 20.2 Å². The van der Waals surface area contributed by atoms with Gasteiger partial charge in [-0.3, -0.25) is 13.9 Å². The number of hydrogen-bond acceptors (Lipinski definition) is 8. The van der Waals surface area contributed by atoms with Gasteiger partial charge in [0.05, 0.1) is 10.1 Å². The molecule has 0 bridgehead atoms. The Balaban J connectivity index is 1.91. The third-order valence-corrected chi connectivity index (χ3v) is 10.2. The van der Waals surface area contributed by atoms with Gasteiger partial charge < -0.3 is 5.32 Å². The molecule has 0 spiro atoms. The van der Waals surface area contributed by atoms with Gasteiger partial charge in [-0.25, -0.2) is 8.42 Å². The highest BCUT2D eigenvalue weighted by Gasteiger charge is 2.34. The Hall–Kier alpha value is -3.10. The second-order valence-electron chi connectivity index (χ2n) is 8.67. The third-order valence-electron chi connectivity index (χ3n) is 5.85. The van der Waals surface area contributed by atoms with Crippen LogP contribution in [0.4, 0.5) is 5.69 Å². The SMILES string of the molecule is CC(=O)CC(c1ccccc1)S(=O)(=O)c1ccc(NC(CC(c2ccccc2)S(=O)(=O)O)S(=O)(=O)O)cc1. The number of nitrogens with one attached hydrogen (secondary N) is 1. The van der Waals surface area contributed by atoms with E-state index in [9.17, 15) is 39.2 Å². The maximum absolute atomic E-state index is 13.4. The van der Waals surface area contributed by atoms with Crippen molar-refractivity contribution in [2.75, 3.05) is 5.32 Å². The first kappa shape index (κ1) is 29.5. The first-order chi connectivity index (χ1) is 17.7. The molecule has 204 valence electrons. The fourth-order valence-corrected chi connectivity index (χ4v) is 7.57. The van der Waals surface area contributed by atoms with Crippen LogP contribution in [-0.2, 0) is 34.9 Å². The number of carbonyl (C=O) groups is 1. The van der Waals surface area contributed by atoms with Gasteiger partial charge in [0.2, 0.25) is 0 Å². The summed E-state index contributed by atoms with van der Waals surface area (Å²) >= 11 is 0. The van der Waals surface area contributed by atoms with Crippen molar-refractivity contribution in [1.82, 2.24) is 0 Å². The largest absolute Gasteiger partial charge is 0.367 e. The number of benzene rings is 3. The maximum Gasteiger partial charge on any atom is 0.286 e. The molecule has 0 saturated heterocycles. The molecule has 0 aromatic heterocycles. The standard InChI is InChI=1S/C25H27NO9S3/c1-18(27)16-23(19-8-4-2-5-9-19)36(28,29)22-14-12-21(13-15-22)26-25(38(33,34)35)17-24(37(30,31)32)20-10-6-3-7-11-20/h2-15,23-26H,16-17H2,1H3,(H,30,31,32)(H,33,34,35). The Kier molecular flexibility index (Phi) is 9.10. The minimum atomic E-state index is -4.87. The summed E-state index contributed by atoms with van der Waals surface area (Å²) in [5.74, 6) is -0.316. The molecule has 0 saturated carbocycles. The van der Waals surface area contributed by atoms with Crippen LogP contribution in [0.5, 0.6) is 0 Å². The molecule has 0 heterocycles. The summed E-state index contributed by atoms with van der Waals surface area (Å²) in [7, 11) is -13.7. The van der Waals surface area contributed by atoms with E-state index in [1.807, 2.05) is 0 Å². The molecule has 10 nitrogen and oxygen atoms in total. The molecule has 0 fully saturated rings. The lowest BCUT2D eigenvalue weighted by atomic mass is 10.1. The van der Waals surface area contributed by atoms with Crippen molar-refractivity contribution >= 4 is 41.5 Å². The lowest BCUT2D eigenvalue weighted by molar-refractivity contribution is -0.117. The topological polar surface area (TPSA) is 172 Å². The molecule has 3 aromatic carbocycles. The molecule has 3 atom stereocenters. The van der Waals surface area contributed by atoms with Crippen molar-refractivity contribution in [2.24, 2.45) is 0 Å². The summed E-state index contributed by atoms with van der Waals surface area (Å²) in [6, 6.07) is 20.6. The molecule has 3 unspecified atom stereocenters. The van der Waals surface area contributed by atoms with E-state index in [1.165, 1.54) is 55.5 Å². The van der Waals surface area contributed by atoms with Crippen LogP contribution in [0.15, 0.2) is 89.8 Å². The third kappa shape index (κ3) is 7.48. The van der Waals surface area contributed by atoms with Crippen molar-refractivity contribution in [3.8, 4) is 0 Å². The quantitative estimate of drug-likeness (QED) is 0.267. The number of anilines is 1. The zero-order valence-electron chi connectivity index (χ0n) is 20.2. The maximum atomic E-state index is 13.4. The molecule has 0 aliphatic rings. The van der Waals surface area contributed by atoms with Gasteiger partial charge in [-0.05, 0) is 42.3 Å². The molecular formula is C25H27NO9S3. The van der Waals surface area contributed by atoms with E-state index in [0.29, 0.717) is 5.56 Å². The Bertz CT molecular complexity index is 1570. The minimum Gasteiger partial charge on any atom is -0.367 e. The van der Waals surface area contributed by atoms with Crippen LogP contribution in [0.25, 0.3) is 0 Å². The van der Waals surface area contributed by atoms with E-state index in [1.54, 1.807) is 36.4 Å². The number of carbonyl (C=O) groups excluding carboxylic acids is 1. The Labute approximate surface area is 222 Å². The summed E-state index contributed by atoms with van der Waals surface area (Å²) in [5.41, 5.74) is 0.620. The monoisotopic (exact) mass is 581 g/mol. The molecule has 0 aliphatic carbocycles. The van der Waals surface area contributed by atoms with Crippen molar-refractivity contribution in [1.29, 1.82) is 0 Å². The molecular weight excluding hydrogens is 554 g/mol. The Morgan fingerprint density at radius 3 is 1.61 bits per heavy atom. The predicted octanol–water partition coefficient (Wildman–Crippen LogP) is 3.83. The molecule has 3 N–H and O–H groups in total. The van der Waals surface area contributed by atoms with Crippen molar-refractivity contribution in [2.45, 2.75) is 40.5 Å². The second kappa shape index (κ2) is 11.7. The van der Waals surface area contributed by atoms with Gasteiger partial charge in [-0.1, -0.05) is 60.7 Å². The van der Waals surface area contributed by atoms with Crippen LogP contribution in [0.2, 0.25) is 0 Å². The summed E-state index contributed by atoms with van der Waals surface area (Å²) in [5, 5.41) is -2.15. The average Bonchev–Trinajstić information content (AvgIpc) is 2.85. The van der Waals surface area contributed by atoms with Gasteiger partial charge in [0.15, 0.2) is 15.2 Å². The number of ketones is 1. The van der Waals surface area contributed by atoms with E-state index < -0.39 is 52.4 Å². The average molecular weight is 582 g/mol. The van der Waals surface area contributed by atoms with E-state index in [-0.39, 0.29) is 28.4 Å². The van der Waals surface area contributed by atoms with Gasteiger partial charge >= 0.3 is 0 Å². The van der Waals surface area contributed by atoms with Gasteiger partial charge in [0.1, 0.15) is 11.0 Å². The Morgan fingerprint density at radius 2 is 1.18 bits per heavy atom. The van der Waals surface area contributed by atoms with Crippen molar-refractivity contribution in [3.05, 3.63) is 96.1 Å². The molecule has 3 rings (SSSR count). The molecule has 38 heavy (non-hydrogen) atoms. The normalized spacial score (nSPS) is 14.8. The van der Waals surface area contributed by atoms with E-state index in [2.05, 4.69) is 5.32 Å². The highest BCUT2D eigenvalue weighted by Crippen LogP contribution is 2.33. The molecule has 0 radical (unpaired) electrons. The van der Waals surface area contributed by atoms with Crippen LogP contribution in [0.1, 0.15) is 41.4 Å². The molecule has 13 heteroatoms. The van der Waals surface area contributed by atoms with E-state index in [4.69, 9.17) is 0 Å². The lowest BCUT2D eigenvalue weighted by Crippen LogP contribution is -2.32. The molecule has 3 aromatic rings. The predicted molar refractivity (Wildman–Crippen MR) is 142 cm³/mol. The summed E-state index contributed by atoms with van der Waals surface area (Å²) in [6.07, 6.45) is -0.982. The summed E-state index contributed by atoms with van der Waals surface area (Å²) in [4.78, 5) is 11.7. The van der Waals surface area contributed by atoms with Crippen LogP contribution in [-0.4, -0.2) is 45.5 Å².